The number of aryl methyl sites for hydroxylation is 1. The molecule has 1 aromatic carbocycles. The molecule has 0 saturated carbocycles. The lowest BCUT2D eigenvalue weighted by Crippen LogP contribution is -2.29. The minimum atomic E-state index is -3.37. The third-order valence-electron chi connectivity index (χ3n) is 2.24. The maximum Gasteiger partial charge on any atom is 0.240 e. The monoisotopic (exact) mass is 305 g/mol. The normalized spacial score (nSPS) is 13.7. The van der Waals surface area contributed by atoms with Crippen LogP contribution in [0, 0.1) is 6.92 Å². The molecule has 1 unspecified atom stereocenters. The van der Waals surface area contributed by atoms with Crippen molar-refractivity contribution in [3.63, 3.8) is 0 Å². The van der Waals surface area contributed by atoms with Crippen LogP contribution < -0.4 is 4.72 Å². The molecule has 0 aliphatic rings. The van der Waals surface area contributed by atoms with Crippen LogP contribution in [0.2, 0.25) is 0 Å². The summed E-state index contributed by atoms with van der Waals surface area (Å²) in [7, 11) is -3.37. The Labute approximate surface area is 105 Å². The molecule has 0 aliphatic heterocycles. The Balaban J connectivity index is 2.78. The van der Waals surface area contributed by atoms with Gasteiger partial charge in [0.15, 0.2) is 0 Å². The lowest BCUT2D eigenvalue weighted by molar-refractivity contribution is 0.580. The second kappa shape index (κ2) is 5.80. The van der Waals surface area contributed by atoms with E-state index in [1.165, 1.54) is 0 Å². The van der Waals surface area contributed by atoms with Crippen molar-refractivity contribution in [3.8, 4) is 0 Å². The highest BCUT2D eigenvalue weighted by Gasteiger charge is 2.14. The Morgan fingerprint density at radius 3 is 2.69 bits per heavy atom. The lowest BCUT2D eigenvalue weighted by atomic mass is 10.2. The number of halogens is 1. The molecule has 16 heavy (non-hydrogen) atoms. The van der Waals surface area contributed by atoms with E-state index < -0.39 is 10.0 Å². The van der Waals surface area contributed by atoms with Crippen molar-refractivity contribution >= 4 is 26.0 Å². The van der Waals surface area contributed by atoms with Crippen molar-refractivity contribution in [1.82, 2.24) is 4.72 Å². The molecule has 0 aromatic heterocycles. The second-order valence-corrected chi connectivity index (χ2v) is 6.74. The van der Waals surface area contributed by atoms with Crippen LogP contribution in [-0.2, 0) is 10.0 Å². The summed E-state index contributed by atoms with van der Waals surface area (Å²) in [5, 5.41) is 0. The van der Waals surface area contributed by atoms with E-state index in [-0.39, 0.29) is 4.83 Å². The largest absolute Gasteiger partial charge is 0.240 e. The number of hydrogen-bond donors (Lipinski definition) is 1. The molecule has 0 fully saturated rings. The summed E-state index contributed by atoms with van der Waals surface area (Å²) >= 11 is 3.39. The number of sulfonamides is 1. The maximum absolute atomic E-state index is 11.9. The molecule has 1 atom stereocenters. The first kappa shape index (κ1) is 13.7. The van der Waals surface area contributed by atoms with Crippen molar-refractivity contribution in [1.29, 1.82) is 0 Å². The Kier molecular flexibility index (Phi) is 4.95. The van der Waals surface area contributed by atoms with Gasteiger partial charge in [0.25, 0.3) is 0 Å². The quantitative estimate of drug-likeness (QED) is 0.849. The molecule has 0 radical (unpaired) electrons. The molecular formula is C11H16BrNO2S. The van der Waals surface area contributed by atoms with Gasteiger partial charge in [-0.3, -0.25) is 0 Å². The van der Waals surface area contributed by atoms with Gasteiger partial charge in [-0.25, -0.2) is 13.1 Å². The lowest BCUT2D eigenvalue weighted by Gasteiger charge is -2.10. The molecule has 1 rings (SSSR count). The third kappa shape index (κ3) is 3.88. The van der Waals surface area contributed by atoms with E-state index in [1.54, 1.807) is 18.2 Å². The van der Waals surface area contributed by atoms with Gasteiger partial charge in [-0.1, -0.05) is 35.0 Å². The van der Waals surface area contributed by atoms with Crippen LogP contribution in [0.4, 0.5) is 0 Å². The fraction of sp³-hybridized carbons (Fsp3) is 0.455. The van der Waals surface area contributed by atoms with Crippen LogP contribution in [0.5, 0.6) is 0 Å². The summed E-state index contributed by atoms with van der Waals surface area (Å²) < 4.78 is 26.3. The fourth-order valence-electron chi connectivity index (χ4n) is 1.21. The van der Waals surface area contributed by atoms with E-state index in [9.17, 15) is 8.42 Å². The molecule has 0 heterocycles. The highest BCUT2D eigenvalue weighted by atomic mass is 79.9. The van der Waals surface area contributed by atoms with Gasteiger partial charge in [-0.15, -0.1) is 0 Å². The Morgan fingerprint density at radius 1 is 1.44 bits per heavy atom. The molecular weight excluding hydrogens is 290 g/mol. The SMILES string of the molecule is CCC(Br)CNS(=O)(=O)c1cccc(C)c1. The fourth-order valence-corrected chi connectivity index (χ4v) is 2.77. The first-order valence-electron chi connectivity index (χ1n) is 5.16. The van der Waals surface area contributed by atoms with E-state index in [1.807, 2.05) is 19.9 Å². The summed E-state index contributed by atoms with van der Waals surface area (Å²) in [5.41, 5.74) is 0.939. The van der Waals surface area contributed by atoms with Crippen molar-refractivity contribution in [2.75, 3.05) is 6.54 Å². The van der Waals surface area contributed by atoms with Gasteiger partial charge in [0, 0.05) is 11.4 Å². The summed E-state index contributed by atoms with van der Waals surface area (Å²) in [6.07, 6.45) is 0.885. The molecule has 0 amide bonds. The summed E-state index contributed by atoms with van der Waals surface area (Å²) in [6.45, 7) is 4.28. The van der Waals surface area contributed by atoms with Crippen molar-refractivity contribution in [2.45, 2.75) is 30.0 Å². The molecule has 0 aliphatic carbocycles. The Morgan fingerprint density at radius 2 is 2.12 bits per heavy atom. The van der Waals surface area contributed by atoms with Crippen LogP contribution in [0.3, 0.4) is 0 Å². The standard InChI is InChI=1S/C11H16BrNO2S/c1-3-10(12)8-13-16(14,15)11-6-4-5-9(2)7-11/h4-7,10,13H,3,8H2,1-2H3. The smallest absolute Gasteiger partial charge is 0.210 e. The van der Waals surface area contributed by atoms with Gasteiger partial charge in [-0.05, 0) is 31.0 Å². The molecule has 3 nitrogen and oxygen atoms in total. The van der Waals surface area contributed by atoms with Crippen molar-refractivity contribution in [3.05, 3.63) is 29.8 Å². The summed E-state index contributed by atoms with van der Waals surface area (Å²) in [6, 6.07) is 6.88. The van der Waals surface area contributed by atoms with E-state index in [0.717, 1.165) is 12.0 Å². The minimum absolute atomic E-state index is 0.173. The number of alkyl halides is 1. The Hall–Kier alpha value is -0.390. The second-order valence-electron chi connectivity index (χ2n) is 3.67. The van der Waals surface area contributed by atoms with Crippen LogP contribution in [0.25, 0.3) is 0 Å². The van der Waals surface area contributed by atoms with Crippen molar-refractivity contribution < 1.29 is 8.42 Å². The van der Waals surface area contributed by atoms with E-state index in [0.29, 0.717) is 11.4 Å². The van der Waals surface area contributed by atoms with Crippen LogP contribution in [0.1, 0.15) is 18.9 Å². The van der Waals surface area contributed by atoms with E-state index >= 15 is 0 Å². The van der Waals surface area contributed by atoms with Gasteiger partial charge >= 0.3 is 0 Å². The van der Waals surface area contributed by atoms with Gasteiger partial charge in [0.05, 0.1) is 4.90 Å². The Bertz CT molecular complexity index is 445. The van der Waals surface area contributed by atoms with E-state index in [2.05, 4.69) is 20.7 Å². The summed E-state index contributed by atoms with van der Waals surface area (Å²) in [5.74, 6) is 0. The van der Waals surface area contributed by atoms with Crippen LogP contribution in [-0.4, -0.2) is 19.8 Å². The average molecular weight is 306 g/mol. The van der Waals surface area contributed by atoms with Crippen LogP contribution >= 0.6 is 15.9 Å². The average Bonchev–Trinajstić information content (AvgIpc) is 2.26. The molecule has 0 spiro atoms. The zero-order valence-corrected chi connectivity index (χ0v) is 11.8. The topological polar surface area (TPSA) is 46.2 Å². The maximum atomic E-state index is 11.9. The first-order valence-corrected chi connectivity index (χ1v) is 7.56. The van der Waals surface area contributed by atoms with Gasteiger partial charge < -0.3 is 0 Å². The minimum Gasteiger partial charge on any atom is -0.210 e. The molecule has 90 valence electrons. The predicted molar refractivity (Wildman–Crippen MR) is 69.4 cm³/mol. The van der Waals surface area contributed by atoms with Crippen molar-refractivity contribution in [2.24, 2.45) is 0 Å². The summed E-state index contributed by atoms with van der Waals surface area (Å²) in [4.78, 5) is 0.496. The van der Waals surface area contributed by atoms with Gasteiger partial charge in [0.2, 0.25) is 10.0 Å². The molecule has 1 aromatic rings. The van der Waals surface area contributed by atoms with Gasteiger partial charge in [0.1, 0.15) is 0 Å². The molecule has 0 saturated heterocycles. The molecule has 0 bridgehead atoms. The number of benzene rings is 1. The zero-order valence-electron chi connectivity index (χ0n) is 9.40. The number of hydrogen-bond acceptors (Lipinski definition) is 2. The highest BCUT2D eigenvalue weighted by Crippen LogP contribution is 2.11. The first-order chi connectivity index (χ1) is 7.45. The highest BCUT2D eigenvalue weighted by molar-refractivity contribution is 9.09. The zero-order chi connectivity index (χ0) is 12.2. The molecule has 5 heteroatoms. The molecule has 1 N–H and O–H groups in total. The number of rotatable bonds is 5. The number of nitrogens with one attached hydrogen (secondary N) is 1. The van der Waals surface area contributed by atoms with Gasteiger partial charge in [-0.2, -0.15) is 0 Å². The van der Waals surface area contributed by atoms with Crippen LogP contribution in [0.15, 0.2) is 29.2 Å². The van der Waals surface area contributed by atoms with E-state index in [4.69, 9.17) is 0 Å². The predicted octanol–water partition coefficient (Wildman–Crippen LogP) is 2.45. The third-order valence-corrected chi connectivity index (χ3v) is 4.63.